The Bertz CT molecular complexity index is 280. The summed E-state index contributed by atoms with van der Waals surface area (Å²) < 4.78 is 8.84. The Morgan fingerprint density at radius 1 is 1.75 bits per heavy atom. The summed E-state index contributed by atoms with van der Waals surface area (Å²) >= 11 is 1.58. The van der Waals surface area contributed by atoms with Gasteiger partial charge in [0.1, 0.15) is 11.9 Å². The third-order valence-electron chi connectivity index (χ3n) is 1.63. The van der Waals surface area contributed by atoms with Crippen molar-refractivity contribution >= 4 is 11.9 Å². The summed E-state index contributed by atoms with van der Waals surface area (Å²) in [5.41, 5.74) is 0. The van der Waals surface area contributed by atoms with Gasteiger partial charge in [-0.1, -0.05) is 0 Å². The molecule has 0 amide bonds. The lowest BCUT2D eigenvalue weighted by Crippen LogP contribution is -2.22. The minimum atomic E-state index is 0.223. The summed E-state index contributed by atoms with van der Waals surface area (Å²) in [4.78, 5) is 5.08. The van der Waals surface area contributed by atoms with Gasteiger partial charge in [-0.2, -0.15) is 0 Å². The summed E-state index contributed by atoms with van der Waals surface area (Å²) in [6.45, 7) is 2.91. The summed E-state index contributed by atoms with van der Waals surface area (Å²) in [6, 6.07) is 1.89. The molecule has 2 heterocycles. The van der Waals surface area contributed by atoms with E-state index in [1.165, 1.54) is 0 Å². The van der Waals surface area contributed by atoms with Crippen molar-refractivity contribution in [1.29, 1.82) is 0 Å². The number of nitrogens with zero attached hydrogens (tertiary/aromatic N) is 1. The van der Waals surface area contributed by atoms with E-state index < -0.39 is 0 Å². The van der Waals surface area contributed by atoms with Gasteiger partial charge >= 0.3 is 0 Å². The van der Waals surface area contributed by atoms with Crippen molar-refractivity contribution in [3.63, 3.8) is 0 Å². The van der Waals surface area contributed by atoms with Gasteiger partial charge in [0.05, 0.1) is 4.90 Å². The molecular weight excluding hydrogens is 172 g/mol. The lowest BCUT2D eigenvalue weighted by Gasteiger charge is -2.10. The molecule has 0 unspecified atom stereocenters. The van der Waals surface area contributed by atoms with Crippen LogP contribution in [-0.4, -0.2) is 17.6 Å². The van der Waals surface area contributed by atoms with Gasteiger partial charge in [-0.05, 0) is 24.9 Å². The van der Waals surface area contributed by atoms with Gasteiger partial charge in [0.15, 0.2) is 0 Å². The van der Waals surface area contributed by atoms with Gasteiger partial charge in [0.2, 0.25) is 0 Å². The fourth-order valence-corrected chi connectivity index (χ4v) is 1.84. The van der Waals surface area contributed by atoms with Gasteiger partial charge in [-0.25, -0.2) is 0 Å². The smallest absolute Gasteiger partial charge is 0.137 e. The average Bonchev–Trinajstić information content (AvgIpc) is 2.25. The molecule has 1 N–H and O–H groups in total. The first-order chi connectivity index (χ1) is 5.86. The fraction of sp³-hybridized carbons (Fsp3) is 0.375. The third-order valence-corrected chi connectivity index (χ3v) is 2.47. The Hall–Kier alpha value is -0.740. The molecule has 0 aliphatic carbocycles. The normalized spacial score (nSPS) is 22.2. The summed E-state index contributed by atoms with van der Waals surface area (Å²) in [6.07, 6.45) is 3.78. The van der Waals surface area contributed by atoms with Crippen molar-refractivity contribution < 1.29 is 4.74 Å². The number of hydrogen-bond acceptors (Lipinski definition) is 4. The van der Waals surface area contributed by atoms with Crippen LogP contribution in [0.25, 0.3) is 0 Å². The van der Waals surface area contributed by atoms with Gasteiger partial charge in [0, 0.05) is 18.9 Å². The zero-order valence-corrected chi connectivity index (χ0v) is 7.60. The highest BCUT2D eigenvalue weighted by Crippen LogP contribution is 2.28. The molecule has 4 heteroatoms. The number of rotatable bonds is 0. The van der Waals surface area contributed by atoms with Crippen molar-refractivity contribution in [2.45, 2.75) is 17.9 Å². The Morgan fingerprint density at radius 3 is 3.58 bits per heavy atom. The highest BCUT2D eigenvalue weighted by molar-refractivity contribution is 7.97. The van der Waals surface area contributed by atoms with E-state index in [4.69, 9.17) is 4.74 Å². The van der Waals surface area contributed by atoms with Gasteiger partial charge < -0.3 is 4.74 Å². The first kappa shape index (κ1) is 7.89. The fourth-order valence-electron chi connectivity index (χ4n) is 1.04. The van der Waals surface area contributed by atoms with Crippen LogP contribution >= 0.6 is 11.9 Å². The Balaban J connectivity index is 2.31. The number of fused-ring (bicyclic) bond motifs is 1. The minimum Gasteiger partial charge on any atom is -0.488 e. The summed E-state index contributed by atoms with van der Waals surface area (Å²) in [5.74, 6) is 0.924. The van der Waals surface area contributed by atoms with Crippen LogP contribution in [-0.2, 0) is 0 Å². The molecule has 2 rings (SSSR count). The second-order valence-corrected chi connectivity index (χ2v) is 3.63. The Labute approximate surface area is 75.7 Å². The molecule has 0 saturated heterocycles. The highest BCUT2D eigenvalue weighted by Gasteiger charge is 2.13. The first-order valence-corrected chi connectivity index (χ1v) is 4.68. The predicted octanol–water partition coefficient (Wildman–Crippen LogP) is 1.46. The van der Waals surface area contributed by atoms with E-state index in [0.29, 0.717) is 0 Å². The molecule has 3 nitrogen and oxygen atoms in total. The van der Waals surface area contributed by atoms with Crippen LogP contribution in [0.3, 0.4) is 0 Å². The van der Waals surface area contributed by atoms with E-state index in [1.807, 2.05) is 19.2 Å². The van der Waals surface area contributed by atoms with Crippen LogP contribution in [0, 0.1) is 0 Å². The van der Waals surface area contributed by atoms with Crippen molar-refractivity contribution in [1.82, 2.24) is 9.71 Å². The van der Waals surface area contributed by atoms with E-state index in [1.54, 1.807) is 18.1 Å². The maximum atomic E-state index is 5.63. The maximum absolute atomic E-state index is 5.63. The van der Waals surface area contributed by atoms with Crippen LogP contribution in [0.4, 0.5) is 0 Å². The zero-order valence-electron chi connectivity index (χ0n) is 6.78. The minimum absolute atomic E-state index is 0.223. The molecule has 0 saturated carbocycles. The molecule has 1 aliphatic heterocycles. The number of nitrogens with one attached hydrogen (secondary N) is 1. The Morgan fingerprint density at radius 2 is 2.67 bits per heavy atom. The second-order valence-electron chi connectivity index (χ2n) is 2.70. The largest absolute Gasteiger partial charge is 0.488 e. The van der Waals surface area contributed by atoms with Crippen LogP contribution < -0.4 is 9.46 Å². The van der Waals surface area contributed by atoms with Crippen LogP contribution in [0.5, 0.6) is 5.75 Å². The quantitative estimate of drug-likeness (QED) is 0.616. The molecule has 0 aromatic carbocycles. The standard InChI is InChI=1S/C8H10N2OS/c1-6-4-10-12-8-5-9-3-2-7(8)11-6/h2-3,5-6,10H,4H2,1H3/t6-/m1/s1. The van der Waals surface area contributed by atoms with Crippen LogP contribution in [0.2, 0.25) is 0 Å². The lowest BCUT2D eigenvalue weighted by atomic mass is 10.4. The van der Waals surface area contributed by atoms with Crippen LogP contribution in [0.1, 0.15) is 6.92 Å². The van der Waals surface area contributed by atoms with E-state index in [2.05, 4.69) is 9.71 Å². The third kappa shape index (κ3) is 1.54. The molecule has 0 bridgehead atoms. The molecule has 12 heavy (non-hydrogen) atoms. The van der Waals surface area contributed by atoms with Crippen molar-refractivity contribution in [3.8, 4) is 5.75 Å². The molecule has 0 spiro atoms. The maximum Gasteiger partial charge on any atom is 0.137 e. The predicted molar refractivity (Wildman–Crippen MR) is 48.2 cm³/mol. The molecule has 0 radical (unpaired) electrons. The van der Waals surface area contributed by atoms with Crippen LogP contribution in [0.15, 0.2) is 23.4 Å². The second kappa shape index (κ2) is 3.33. The summed E-state index contributed by atoms with van der Waals surface area (Å²) in [5, 5.41) is 0. The molecular formula is C8H10N2OS. The highest BCUT2D eigenvalue weighted by atomic mass is 32.2. The number of aromatic nitrogens is 1. The van der Waals surface area contributed by atoms with Crippen molar-refractivity contribution in [3.05, 3.63) is 18.5 Å². The average molecular weight is 182 g/mol. The number of pyridine rings is 1. The molecule has 1 aromatic heterocycles. The van der Waals surface area contributed by atoms with Crippen molar-refractivity contribution in [2.24, 2.45) is 0 Å². The van der Waals surface area contributed by atoms with Crippen molar-refractivity contribution in [2.75, 3.05) is 6.54 Å². The summed E-state index contributed by atoms with van der Waals surface area (Å²) in [7, 11) is 0. The van der Waals surface area contributed by atoms with E-state index in [9.17, 15) is 0 Å². The topological polar surface area (TPSA) is 34.2 Å². The molecule has 1 aromatic rings. The number of hydrogen-bond donors (Lipinski definition) is 1. The molecule has 1 aliphatic rings. The zero-order chi connectivity index (χ0) is 8.39. The van der Waals surface area contributed by atoms with E-state index in [0.717, 1.165) is 17.2 Å². The lowest BCUT2D eigenvalue weighted by molar-refractivity contribution is 0.224. The molecule has 64 valence electrons. The van der Waals surface area contributed by atoms with Gasteiger partial charge in [-0.3, -0.25) is 9.71 Å². The van der Waals surface area contributed by atoms with Gasteiger partial charge in [-0.15, -0.1) is 0 Å². The SMILES string of the molecule is C[C@@H]1CNSc2cnccc2O1. The van der Waals surface area contributed by atoms with E-state index in [-0.39, 0.29) is 6.10 Å². The van der Waals surface area contributed by atoms with E-state index >= 15 is 0 Å². The number of ether oxygens (including phenoxy) is 1. The molecule has 0 fully saturated rings. The monoisotopic (exact) mass is 182 g/mol. The molecule has 1 atom stereocenters. The Kier molecular flexibility index (Phi) is 2.19. The first-order valence-electron chi connectivity index (χ1n) is 3.86. The van der Waals surface area contributed by atoms with Gasteiger partial charge in [0.25, 0.3) is 0 Å².